The normalized spacial score (nSPS) is 21.6. The Hall–Kier alpha value is -3.72. The Morgan fingerprint density at radius 2 is 1.86 bits per heavy atom. The summed E-state index contributed by atoms with van der Waals surface area (Å²) in [4.78, 5) is 60.7. The van der Waals surface area contributed by atoms with Gasteiger partial charge in [0.2, 0.25) is 17.7 Å². The monoisotopic (exact) mass is 597 g/mol. The van der Waals surface area contributed by atoms with Gasteiger partial charge in [0, 0.05) is 37.4 Å². The second kappa shape index (κ2) is 15.7. The first-order chi connectivity index (χ1) is 20.5. The number of carbonyl (C=O) groups is 4. The van der Waals surface area contributed by atoms with Gasteiger partial charge >= 0.3 is 6.09 Å². The van der Waals surface area contributed by atoms with Crippen LogP contribution in [0.3, 0.4) is 0 Å². The van der Waals surface area contributed by atoms with E-state index in [-0.39, 0.29) is 36.8 Å². The van der Waals surface area contributed by atoms with Crippen LogP contribution in [0.5, 0.6) is 0 Å². The zero-order valence-electron chi connectivity index (χ0n) is 26.1. The Labute approximate surface area is 254 Å². The van der Waals surface area contributed by atoms with E-state index in [1.165, 1.54) is 0 Å². The number of likely N-dealkylation sites (tertiary alicyclic amines) is 1. The number of ether oxygens (including phenoxy) is 1. The summed E-state index contributed by atoms with van der Waals surface area (Å²) in [6.07, 6.45) is 5.56. The fourth-order valence-corrected chi connectivity index (χ4v) is 5.79. The minimum absolute atomic E-state index is 0.0216. The number of nitrogens with zero attached hydrogens (tertiary/aromatic N) is 4. The Morgan fingerprint density at radius 1 is 1.19 bits per heavy atom. The molecule has 4 amide bonds. The molecule has 2 aliphatic rings. The van der Waals surface area contributed by atoms with E-state index in [2.05, 4.69) is 45.8 Å². The van der Waals surface area contributed by atoms with Gasteiger partial charge in [0.25, 0.3) is 0 Å². The lowest BCUT2D eigenvalue weighted by atomic mass is 9.85. The van der Waals surface area contributed by atoms with E-state index < -0.39 is 35.5 Å². The van der Waals surface area contributed by atoms with E-state index in [0.29, 0.717) is 25.9 Å². The van der Waals surface area contributed by atoms with Crippen LogP contribution >= 0.6 is 0 Å². The number of nitrogens with one attached hydrogen (secondary N) is 3. The van der Waals surface area contributed by atoms with Crippen molar-refractivity contribution in [3.63, 3.8) is 0 Å². The van der Waals surface area contributed by atoms with Crippen LogP contribution in [-0.4, -0.2) is 88.9 Å². The summed E-state index contributed by atoms with van der Waals surface area (Å²) >= 11 is 0. The third-order valence-corrected chi connectivity index (χ3v) is 8.05. The standard InChI is InChI=1S/C31H47N7O5/c1-6-14-37(15-7-2)24-17-25(28(40)35-23(18-32)16-22-10-13-34-27(22)39)38(19-24)29(41)26(31(3,4)5)36-30(42)43-20-21-8-11-33-12-9-21/h8-9,11-12,22-26H,6-7,10,13-17,19-20H2,1-5H3,(H,34,39)(H,35,40)(H,36,42)/t22-,23-,24+,25?,26?/m0/s1. The highest BCUT2D eigenvalue weighted by atomic mass is 16.5. The molecule has 12 nitrogen and oxygen atoms in total. The molecule has 2 fully saturated rings. The molecule has 0 saturated carbocycles. The molecule has 1 aromatic heterocycles. The highest BCUT2D eigenvalue weighted by molar-refractivity contribution is 5.92. The number of hydrogen-bond acceptors (Lipinski definition) is 8. The molecule has 2 unspecified atom stereocenters. The molecule has 0 spiro atoms. The van der Waals surface area contributed by atoms with Crippen molar-refractivity contribution in [1.29, 1.82) is 5.26 Å². The molecule has 5 atom stereocenters. The van der Waals surface area contributed by atoms with E-state index in [1.807, 2.05) is 20.8 Å². The van der Waals surface area contributed by atoms with Crippen LogP contribution in [-0.2, 0) is 25.7 Å². The Morgan fingerprint density at radius 3 is 2.42 bits per heavy atom. The van der Waals surface area contributed by atoms with E-state index in [4.69, 9.17) is 4.74 Å². The highest BCUT2D eigenvalue weighted by Crippen LogP contribution is 2.29. The predicted octanol–water partition coefficient (Wildman–Crippen LogP) is 2.35. The highest BCUT2D eigenvalue weighted by Gasteiger charge is 2.46. The summed E-state index contributed by atoms with van der Waals surface area (Å²) in [5.41, 5.74) is 0.0700. The lowest BCUT2D eigenvalue weighted by Gasteiger charge is -2.35. The van der Waals surface area contributed by atoms with E-state index >= 15 is 0 Å². The van der Waals surface area contributed by atoms with Crippen LogP contribution in [0, 0.1) is 22.7 Å². The molecule has 3 rings (SSSR count). The van der Waals surface area contributed by atoms with Gasteiger partial charge in [-0.3, -0.25) is 24.3 Å². The van der Waals surface area contributed by atoms with Crippen LogP contribution < -0.4 is 16.0 Å². The van der Waals surface area contributed by atoms with Gasteiger partial charge in [-0.05, 0) is 68.3 Å². The molecule has 0 aromatic carbocycles. The van der Waals surface area contributed by atoms with Crippen LogP contribution in [0.1, 0.15) is 72.3 Å². The molecule has 0 bridgehead atoms. The average molecular weight is 598 g/mol. The summed E-state index contributed by atoms with van der Waals surface area (Å²) < 4.78 is 5.40. The van der Waals surface area contributed by atoms with Crippen molar-refractivity contribution < 1.29 is 23.9 Å². The van der Waals surface area contributed by atoms with Crippen LogP contribution in [0.2, 0.25) is 0 Å². The molecular weight excluding hydrogens is 550 g/mol. The van der Waals surface area contributed by atoms with Gasteiger partial charge < -0.3 is 25.6 Å². The Kier molecular flexibility index (Phi) is 12.3. The van der Waals surface area contributed by atoms with Crippen molar-refractivity contribution in [3.05, 3.63) is 30.1 Å². The van der Waals surface area contributed by atoms with Crippen molar-refractivity contribution >= 4 is 23.8 Å². The fraction of sp³-hybridized carbons (Fsp3) is 0.677. The molecule has 3 N–H and O–H groups in total. The SMILES string of the molecule is CCCN(CCC)[C@@H]1CC(C(=O)N[C@H](C#N)C[C@@H]2CCNC2=O)N(C(=O)C(NC(=O)OCc2ccncc2)C(C)(C)C)C1. The molecule has 3 heterocycles. The summed E-state index contributed by atoms with van der Waals surface area (Å²) in [7, 11) is 0. The molecule has 0 radical (unpaired) electrons. The average Bonchev–Trinajstić information content (AvgIpc) is 3.60. The second-order valence-corrected chi connectivity index (χ2v) is 12.5. The number of amides is 4. The zero-order chi connectivity index (χ0) is 31.6. The molecule has 43 heavy (non-hydrogen) atoms. The van der Waals surface area contributed by atoms with Gasteiger partial charge in [0.05, 0.1) is 6.07 Å². The van der Waals surface area contributed by atoms with Crippen molar-refractivity contribution in [3.8, 4) is 6.07 Å². The number of alkyl carbamates (subject to hydrolysis) is 1. The van der Waals surface area contributed by atoms with E-state index in [0.717, 1.165) is 31.5 Å². The quantitative estimate of drug-likeness (QED) is 0.313. The van der Waals surface area contributed by atoms with Crippen LogP contribution in [0.25, 0.3) is 0 Å². The molecule has 236 valence electrons. The number of aromatic nitrogens is 1. The predicted molar refractivity (Wildman–Crippen MR) is 160 cm³/mol. The molecule has 2 saturated heterocycles. The van der Waals surface area contributed by atoms with Gasteiger partial charge in [-0.1, -0.05) is 34.6 Å². The van der Waals surface area contributed by atoms with Gasteiger partial charge in [-0.15, -0.1) is 0 Å². The van der Waals surface area contributed by atoms with E-state index in [9.17, 15) is 24.4 Å². The van der Waals surface area contributed by atoms with Gasteiger partial charge in [0.1, 0.15) is 24.7 Å². The van der Waals surface area contributed by atoms with Crippen molar-refractivity contribution in [2.24, 2.45) is 11.3 Å². The van der Waals surface area contributed by atoms with E-state index in [1.54, 1.807) is 29.4 Å². The van der Waals surface area contributed by atoms with Crippen molar-refractivity contribution in [1.82, 2.24) is 30.7 Å². The lowest BCUT2D eigenvalue weighted by molar-refractivity contribution is -0.142. The molecule has 0 aliphatic carbocycles. The maximum Gasteiger partial charge on any atom is 0.408 e. The number of carbonyl (C=O) groups excluding carboxylic acids is 4. The van der Waals surface area contributed by atoms with Gasteiger partial charge in [-0.2, -0.15) is 5.26 Å². The molecule has 1 aromatic rings. The summed E-state index contributed by atoms with van der Waals surface area (Å²) in [6, 6.07) is 2.88. The summed E-state index contributed by atoms with van der Waals surface area (Å²) in [6.45, 7) is 12.3. The Balaban J connectivity index is 1.80. The minimum Gasteiger partial charge on any atom is -0.445 e. The topological polar surface area (TPSA) is 157 Å². The van der Waals surface area contributed by atoms with Gasteiger partial charge in [-0.25, -0.2) is 4.79 Å². The van der Waals surface area contributed by atoms with Gasteiger partial charge in [0.15, 0.2) is 0 Å². The fourth-order valence-electron chi connectivity index (χ4n) is 5.79. The summed E-state index contributed by atoms with van der Waals surface area (Å²) in [5.74, 6) is -1.26. The third-order valence-electron chi connectivity index (χ3n) is 8.05. The van der Waals surface area contributed by atoms with Crippen LogP contribution in [0.4, 0.5) is 4.79 Å². The maximum atomic E-state index is 14.2. The first-order valence-electron chi connectivity index (χ1n) is 15.3. The molecular formula is C31H47N7O5. The maximum absolute atomic E-state index is 14.2. The second-order valence-electron chi connectivity index (χ2n) is 12.5. The number of rotatable bonds is 13. The number of hydrogen-bond donors (Lipinski definition) is 3. The zero-order valence-corrected chi connectivity index (χ0v) is 26.1. The third kappa shape index (κ3) is 9.38. The lowest BCUT2D eigenvalue weighted by Crippen LogP contribution is -2.58. The largest absolute Gasteiger partial charge is 0.445 e. The van der Waals surface area contributed by atoms with Crippen LogP contribution in [0.15, 0.2) is 24.5 Å². The first kappa shape index (κ1) is 33.8. The van der Waals surface area contributed by atoms with Crippen molar-refractivity contribution in [2.75, 3.05) is 26.2 Å². The first-order valence-corrected chi connectivity index (χ1v) is 15.3. The molecule has 2 aliphatic heterocycles. The Bertz CT molecular complexity index is 1140. The minimum atomic E-state index is -0.966. The smallest absolute Gasteiger partial charge is 0.408 e. The number of pyridine rings is 1. The molecule has 12 heteroatoms. The summed E-state index contributed by atoms with van der Waals surface area (Å²) in [5, 5.41) is 18.1. The van der Waals surface area contributed by atoms with Crippen molar-refractivity contribution in [2.45, 2.75) is 97.5 Å². The number of nitriles is 1.